The maximum absolute atomic E-state index is 3.50. The zero-order chi connectivity index (χ0) is 11.1. The second-order valence-electron chi connectivity index (χ2n) is 4.04. The van der Waals surface area contributed by atoms with Crippen LogP contribution < -0.4 is 5.32 Å². The summed E-state index contributed by atoms with van der Waals surface area (Å²) in [6, 6.07) is 4.90. The predicted octanol–water partition coefficient (Wildman–Crippen LogP) is 2.57. The molecular weight excluding hydrogens is 204 g/mol. The molecule has 0 bridgehead atoms. The summed E-state index contributed by atoms with van der Waals surface area (Å²) in [5, 5.41) is 5.62. The van der Waals surface area contributed by atoms with Crippen LogP contribution in [0.15, 0.2) is 17.5 Å². The molecule has 1 N–H and O–H groups in total. The number of hydrogen-bond donors (Lipinski definition) is 1. The van der Waals surface area contributed by atoms with E-state index in [1.807, 2.05) is 11.3 Å². The summed E-state index contributed by atoms with van der Waals surface area (Å²) in [5.41, 5.74) is 0. The van der Waals surface area contributed by atoms with Crippen LogP contribution in [-0.2, 0) is 6.54 Å². The Morgan fingerprint density at radius 2 is 2.33 bits per heavy atom. The Morgan fingerprint density at radius 3 is 2.93 bits per heavy atom. The minimum Gasteiger partial charge on any atom is -0.310 e. The van der Waals surface area contributed by atoms with Crippen molar-refractivity contribution < 1.29 is 0 Å². The van der Waals surface area contributed by atoms with E-state index in [9.17, 15) is 0 Å². The summed E-state index contributed by atoms with van der Waals surface area (Å²) >= 11 is 1.82. The molecule has 0 aliphatic rings. The van der Waals surface area contributed by atoms with Crippen LogP contribution in [0.5, 0.6) is 0 Å². The lowest BCUT2D eigenvalue weighted by Crippen LogP contribution is -2.37. The van der Waals surface area contributed by atoms with Crippen LogP contribution in [-0.4, -0.2) is 31.1 Å². The zero-order valence-electron chi connectivity index (χ0n) is 9.99. The number of likely N-dealkylation sites (N-methyl/N-ethyl adjacent to an activating group) is 1. The molecule has 0 fully saturated rings. The Bertz CT molecular complexity index is 246. The van der Waals surface area contributed by atoms with E-state index in [1.54, 1.807) is 0 Å². The minimum absolute atomic E-state index is 0.616. The Kier molecular flexibility index (Phi) is 5.91. The average Bonchev–Trinajstić information content (AvgIpc) is 2.71. The van der Waals surface area contributed by atoms with Gasteiger partial charge >= 0.3 is 0 Å². The van der Waals surface area contributed by atoms with Crippen LogP contribution >= 0.6 is 11.3 Å². The van der Waals surface area contributed by atoms with Crippen molar-refractivity contribution in [3.8, 4) is 0 Å². The topological polar surface area (TPSA) is 15.3 Å². The van der Waals surface area contributed by atoms with Gasteiger partial charge < -0.3 is 10.2 Å². The van der Waals surface area contributed by atoms with Crippen molar-refractivity contribution in [3.63, 3.8) is 0 Å². The monoisotopic (exact) mass is 226 g/mol. The van der Waals surface area contributed by atoms with E-state index in [0.29, 0.717) is 6.04 Å². The molecule has 3 heteroatoms. The van der Waals surface area contributed by atoms with Crippen LogP contribution in [0.25, 0.3) is 0 Å². The number of nitrogens with one attached hydrogen (secondary N) is 1. The molecule has 0 saturated heterocycles. The lowest BCUT2D eigenvalue weighted by atomic mass is 10.3. The highest BCUT2D eigenvalue weighted by molar-refractivity contribution is 7.09. The summed E-state index contributed by atoms with van der Waals surface area (Å²) in [7, 11) is 2.20. The van der Waals surface area contributed by atoms with Crippen molar-refractivity contribution >= 4 is 11.3 Å². The second kappa shape index (κ2) is 6.99. The van der Waals surface area contributed by atoms with Crippen LogP contribution in [0.4, 0.5) is 0 Å². The van der Waals surface area contributed by atoms with Crippen LogP contribution in [0.3, 0.4) is 0 Å². The smallest absolute Gasteiger partial charge is 0.0300 e. The molecule has 1 rings (SSSR count). The van der Waals surface area contributed by atoms with E-state index < -0.39 is 0 Å². The lowest BCUT2D eigenvalue weighted by molar-refractivity contribution is 0.251. The fourth-order valence-electron chi connectivity index (χ4n) is 1.55. The predicted molar refractivity (Wildman–Crippen MR) is 68.4 cm³/mol. The van der Waals surface area contributed by atoms with E-state index in [1.165, 1.54) is 17.8 Å². The Morgan fingerprint density at radius 1 is 1.53 bits per heavy atom. The fraction of sp³-hybridized carbons (Fsp3) is 0.667. The third-order valence-corrected chi connectivity index (χ3v) is 3.52. The summed E-state index contributed by atoms with van der Waals surface area (Å²) < 4.78 is 0. The molecule has 0 aromatic carbocycles. The summed E-state index contributed by atoms with van der Waals surface area (Å²) in [6.45, 7) is 7.75. The largest absolute Gasteiger partial charge is 0.310 e. The average molecular weight is 226 g/mol. The second-order valence-corrected chi connectivity index (χ2v) is 5.07. The first kappa shape index (κ1) is 12.7. The van der Waals surface area contributed by atoms with Gasteiger partial charge in [-0.3, -0.25) is 0 Å². The molecule has 0 radical (unpaired) electrons. The molecule has 0 amide bonds. The maximum Gasteiger partial charge on any atom is 0.0300 e. The maximum atomic E-state index is 3.50. The Balaban J connectivity index is 2.14. The van der Waals surface area contributed by atoms with Gasteiger partial charge in [-0.2, -0.15) is 0 Å². The van der Waals surface area contributed by atoms with Crippen LogP contribution in [0.1, 0.15) is 25.1 Å². The quantitative estimate of drug-likeness (QED) is 0.769. The van der Waals surface area contributed by atoms with Gasteiger partial charge in [0.25, 0.3) is 0 Å². The number of nitrogens with zero attached hydrogens (tertiary/aromatic N) is 1. The van der Waals surface area contributed by atoms with Crippen molar-refractivity contribution in [1.29, 1.82) is 0 Å². The fourth-order valence-corrected chi connectivity index (χ4v) is 2.22. The van der Waals surface area contributed by atoms with Crippen molar-refractivity contribution in [2.24, 2.45) is 0 Å². The van der Waals surface area contributed by atoms with Gasteiger partial charge in [0.2, 0.25) is 0 Å². The van der Waals surface area contributed by atoms with Gasteiger partial charge in [-0.25, -0.2) is 0 Å². The molecule has 1 atom stereocenters. The minimum atomic E-state index is 0.616. The van der Waals surface area contributed by atoms with Gasteiger partial charge in [-0.1, -0.05) is 13.0 Å². The molecule has 0 aliphatic carbocycles. The van der Waals surface area contributed by atoms with Gasteiger partial charge in [0.05, 0.1) is 0 Å². The molecule has 15 heavy (non-hydrogen) atoms. The van der Waals surface area contributed by atoms with Crippen molar-refractivity contribution in [2.45, 2.75) is 32.9 Å². The highest BCUT2D eigenvalue weighted by atomic mass is 32.1. The molecule has 86 valence electrons. The van der Waals surface area contributed by atoms with Gasteiger partial charge in [0, 0.05) is 24.0 Å². The van der Waals surface area contributed by atoms with Crippen LogP contribution in [0, 0.1) is 0 Å². The van der Waals surface area contributed by atoms with E-state index >= 15 is 0 Å². The molecule has 1 aromatic rings. The Hall–Kier alpha value is -0.380. The van der Waals surface area contributed by atoms with Crippen molar-refractivity contribution in [3.05, 3.63) is 22.4 Å². The van der Waals surface area contributed by atoms with Crippen LogP contribution in [0.2, 0.25) is 0 Å². The summed E-state index contributed by atoms with van der Waals surface area (Å²) in [5.74, 6) is 0. The van der Waals surface area contributed by atoms with Gasteiger partial charge in [0.1, 0.15) is 0 Å². The number of hydrogen-bond acceptors (Lipinski definition) is 3. The van der Waals surface area contributed by atoms with Crippen molar-refractivity contribution in [2.75, 3.05) is 20.1 Å². The van der Waals surface area contributed by atoms with Gasteiger partial charge in [-0.05, 0) is 38.4 Å². The highest BCUT2D eigenvalue weighted by Crippen LogP contribution is 2.07. The van der Waals surface area contributed by atoms with Gasteiger partial charge in [0.15, 0.2) is 0 Å². The molecule has 2 nitrogen and oxygen atoms in total. The Labute approximate surface area is 97.3 Å². The molecule has 1 heterocycles. The van der Waals surface area contributed by atoms with E-state index in [2.05, 4.69) is 48.6 Å². The highest BCUT2D eigenvalue weighted by Gasteiger charge is 2.06. The SMILES string of the molecule is CCCN(C)C(C)CNCc1cccs1. The standard InChI is InChI=1S/C12H22N2S/c1-4-7-14(3)11(2)9-13-10-12-6-5-8-15-12/h5-6,8,11,13H,4,7,9-10H2,1-3H3. The molecule has 1 unspecified atom stereocenters. The first-order chi connectivity index (χ1) is 7.24. The first-order valence-electron chi connectivity index (χ1n) is 5.67. The first-order valence-corrected chi connectivity index (χ1v) is 6.55. The van der Waals surface area contributed by atoms with Crippen molar-refractivity contribution in [1.82, 2.24) is 10.2 Å². The zero-order valence-corrected chi connectivity index (χ0v) is 10.8. The molecule has 0 aliphatic heterocycles. The summed E-state index contributed by atoms with van der Waals surface area (Å²) in [4.78, 5) is 3.82. The van der Waals surface area contributed by atoms with Gasteiger partial charge in [-0.15, -0.1) is 11.3 Å². The number of thiophene rings is 1. The summed E-state index contributed by atoms with van der Waals surface area (Å²) in [6.07, 6.45) is 1.23. The lowest BCUT2D eigenvalue weighted by Gasteiger charge is -2.24. The molecule has 1 aromatic heterocycles. The van der Waals surface area contributed by atoms with E-state index in [-0.39, 0.29) is 0 Å². The third-order valence-electron chi connectivity index (χ3n) is 2.65. The third kappa shape index (κ3) is 4.78. The normalized spacial score (nSPS) is 13.3. The molecule has 0 spiro atoms. The molecule has 0 saturated carbocycles. The van der Waals surface area contributed by atoms with E-state index in [0.717, 1.165) is 13.1 Å². The number of rotatable bonds is 7. The van der Waals surface area contributed by atoms with E-state index in [4.69, 9.17) is 0 Å². The molecular formula is C12H22N2S.